The molecule has 0 fully saturated rings. The van der Waals surface area contributed by atoms with Gasteiger partial charge in [-0.2, -0.15) is 5.26 Å². The summed E-state index contributed by atoms with van der Waals surface area (Å²) in [7, 11) is 1.50. The van der Waals surface area contributed by atoms with Crippen LogP contribution in [0.2, 0.25) is 0 Å². The summed E-state index contributed by atoms with van der Waals surface area (Å²) in [5.41, 5.74) is 2.25. The molecule has 46 heavy (non-hydrogen) atoms. The number of rotatable bonds is 9. The van der Waals surface area contributed by atoms with Gasteiger partial charge in [0.2, 0.25) is 0 Å². The normalized spacial score (nSPS) is 14.6. The lowest BCUT2D eigenvalue weighted by molar-refractivity contribution is -0.139. The number of carbonyl (C=O) groups is 1. The van der Waals surface area contributed by atoms with E-state index in [2.05, 4.69) is 9.98 Å². The third kappa shape index (κ3) is 6.49. The highest BCUT2D eigenvalue weighted by Gasteiger charge is 2.33. The lowest BCUT2D eigenvalue weighted by Crippen LogP contribution is -2.39. The summed E-state index contributed by atoms with van der Waals surface area (Å²) in [6.45, 7) is 5.06. The largest absolute Gasteiger partial charge is 0.496 e. The second-order valence-corrected chi connectivity index (χ2v) is 12.1. The number of halogens is 3. The Balaban J connectivity index is 1.56. The predicted molar refractivity (Wildman–Crippen MR) is 168 cm³/mol. The van der Waals surface area contributed by atoms with Crippen molar-refractivity contribution in [2.75, 3.05) is 13.7 Å². The number of nitriles is 1. The Labute approximate surface area is 270 Å². The van der Waals surface area contributed by atoms with Gasteiger partial charge in [0, 0.05) is 11.3 Å². The zero-order valence-electron chi connectivity index (χ0n) is 25.1. The lowest BCUT2D eigenvalue weighted by Gasteiger charge is -2.24. The number of allylic oxidation sites excluding steroid dienone is 1. The molecule has 0 radical (unpaired) electrons. The summed E-state index contributed by atoms with van der Waals surface area (Å²) in [6, 6.07) is 13.2. The number of hydrogen-bond donors (Lipinski definition) is 0. The number of esters is 1. The zero-order valence-corrected chi connectivity index (χ0v) is 26.8. The van der Waals surface area contributed by atoms with Crippen LogP contribution in [0.5, 0.6) is 5.75 Å². The van der Waals surface area contributed by atoms with E-state index in [-0.39, 0.29) is 28.5 Å². The van der Waals surface area contributed by atoms with Gasteiger partial charge in [0.1, 0.15) is 28.4 Å². The molecule has 1 aliphatic heterocycles. The average molecular weight is 665 g/mol. The Hall–Kier alpha value is -4.67. The minimum atomic E-state index is -2.78. The van der Waals surface area contributed by atoms with Crippen molar-refractivity contribution in [1.82, 2.24) is 9.55 Å². The number of benzene rings is 2. The maximum atomic E-state index is 13.9. The first-order valence-corrected chi connectivity index (χ1v) is 15.8. The van der Waals surface area contributed by atoms with Crippen LogP contribution in [0.15, 0.2) is 74.6 Å². The first-order chi connectivity index (χ1) is 22.1. The van der Waals surface area contributed by atoms with E-state index in [1.165, 1.54) is 42.0 Å². The smallest absolute Gasteiger partial charge is 0.338 e. The number of methoxy groups -OCH3 is 1. The molecule has 0 spiro atoms. The molecule has 1 atom stereocenters. The van der Waals surface area contributed by atoms with Crippen LogP contribution in [0.3, 0.4) is 0 Å². The summed E-state index contributed by atoms with van der Waals surface area (Å²) < 4.78 is 53.2. The van der Waals surface area contributed by atoms with E-state index in [4.69, 9.17) is 9.47 Å². The fourth-order valence-corrected chi connectivity index (χ4v) is 7.16. The number of aromatic nitrogens is 2. The van der Waals surface area contributed by atoms with E-state index in [9.17, 15) is 28.0 Å². The van der Waals surface area contributed by atoms with Crippen molar-refractivity contribution >= 4 is 35.1 Å². The number of carbonyl (C=O) groups excluding carboxylic acids is 1. The number of thioether (sulfide) groups is 1. The molecule has 236 valence electrons. The van der Waals surface area contributed by atoms with Gasteiger partial charge in [-0.05, 0) is 73.9 Å². The van der Waals surface area contributed by atoms with E-state index in [0.717, 1.165) is 23.1 Å². The molecule has 8 nitrogen and oxygen atoms in total. The van der Waals surface area contributed by atoms with Gasteiger partial charge >= 0.3 is 5.97 Å². The Kier molecular flexibility index (Phi) is 9.79. The maximum Gasteiger partial charge on any atom is 0.338 e. The number of fused-ring (bicyclic) bond motifs is 1. The molecular weight excluding hydrogens is 638 g/mol. The van der Waals surface area contributed by atoms with Crippen LogP contribution in [0, 0.1) is 24.1 Å². The van der Waals surface area contributed by atoms with Crippen molar-refractivity contribution in [3.8, 4) is 11.8 Å². The van der Waals surface area contributed by atoms with Gasteiger partial charge in [-0.25, -0.2) is 27.9 Å². The van der Waals surface area contributed by atoms with Gasteiger partial charge in [-0.3, -0.25) is 9.36 Å². The first kappa shape index (κ1) is 32.7. The van der Waals surface area contributed by atoms with Crippen LogP contribution in [0.25, 0.3) is 6.08 Å². The Morgan fingerprint density at radius 1 is 1.20 bits per heavy atom. The van der Waals surface area contributed by atoms with Gasteiger partial charge < -0.3 is 9.47 Å². The summed E-state index contributed by atoms with van der Waals surface area (Å²) in [5.74, 6) is -0.308. The van der Waals surface area contributed by atoms with Gasteiger partial charge in [0.15, 0.2) is 4.80 Å². The molecule has 4 aromatic rings. The minimum Gasteiger partial charge on any atom is -0.496 e. The quantitative estimate of drug-likeness (QED) is 0.166. The topological polar surface area (TPSA) is 107 Å². The third-order valence-electron chi connectivity index (χ3n) is 7.21. The van der Waals surface area contributed by atoms with Crippen LogP contribution >= 0.6 is 23.1 Å². The second kappa shape index (κ2) is 13.8. The number of alkyl halides is 2. The number of hydrogen-bond acceptors (Lipinski definition) is 9. The molecule has 0 unspecified atom stereocenters. The van der Waals surface area contributed by atoms with E-state index in [0.29, 0.717) is 43.0 Å². The van der Waals surface area contributed by atoms with E-state index < -0.39 is 35.5 Å². The number of pyridine rings is 1. The van der Waals surface area contributed by atoms with Crippen molar-refractivity contribution in [3.05, 3.63) is 119 Å². The highest BCUT2D eigenvalue weighted by molar-refractivity contribution is 7.98. The van der Waals surface area contributed by atoms with Crippen LogP contribution in [-0.4, -0.2) is 29.2 Å². The molecule has 2 aromatic heterocycles. The number of thiazole rings is 1. The minimum absolute atomic E-state index is 0.124. The Bertz CT molecular complexity index is 2080. The van der Waals surface area contributed by atoms with Crippen molar-refractivity contribution < 1.29 is 27.4 Å². The SMILES string of the molecule is CCOC(=O)C1=C(C)N=c2sc(=Cc3ccc(OC)c(CSc4nc(C(F)F)cc(C)c4C#N)c3)c(=O)n2[C@H]1c1ccc(F)cc1. The molecule has 13 heteroatoms. The van der Waals surface area contributed by atoms with Gasteiger partial charge in [0.05, 0.1) is 41.1 Å². The number of aryl methyl sites for hydroxylation is 1. The fourth-order valence-electron chi connectivity index (χ4n) is 5.07. The molecule has 0 saturated heterocycles. The molecular formula is C33H27F3N4O4S2. The third-order valence-corrected chi connectivity index (χ3v) is 9.22. The summed E-state index contributed by atoms with van der Waals surface area (Å²) in [4.78, 5) is 35.9. The molecule has 0 saturated carbocycles. The van der Waals surface area contributed by atoms with Gasteiger partial charge in [0.25, 0.3) is 12.0 Å². The van der Waals surface area contributed by atoms with Gasteiger partial charge in [-0.15, -0.1) is 11.8 Å². The van der Waals surface area contributed by atoms with Crippen molar-refractivity contribution in [1.29, 1.82) is 5.26 Å². The summed E-state index contributed by atoms with van der Waals surface area (Å²) in [6.07, 6.45) is -1.10. The van der Waals surface area contributed by atoms with Crippen molar-refractivity contribution in [3.63, 3.8) is 0 Å². The van der Waals surface area contributed by atoms with E-state index in [1.54, 1.807) is 45.0 Å². The molecule has 0 aliphatic carbocycles. The molecule has 2 aromatic carbocycles. The highest BCUT2D eigenvalue weighted by Crippen LogP contribution is 2.33. The average Bonchev–Trinajstić information content (AvgIpc) is 3.33. The fraction of sp³-hybridized carbons (Fsp3) is 0.242. The molecule has 3 heterocycles. The summed E-state index contributed by atoms with van der Waals surface area (Å²) in [5, 5.41) is 9.81. The predicted octanol–water partition coefficient (Wildman–Crippen LogP) is 5.75. The van der Waals surface area contributed by atoms with Crippen LogP contribution < -0.4 is 19.6 Å². The van der Waals surface area contributed by atoms with Crippen molar-refractivity contribution in [2.24, 2.45) is 4.99 Å². The Morgan fingerprint density at radius 2 is 1.93 bits per heavy atom. The molecule has 0 N–H and O–H groups in total. The molecule has 1 aliphatic rings. The molecule has 0 amide bonds. The monoisotopic (exact) mass is 664 g/mol. The molecule has 0 bridgehead atoms. The van der Waals surface area contributed by atoms with Crippen molar-refractivity contribution in [2.45, 2.75) is 44.0 Å². The lowest BCUT2D eigenvalue weighted by atomic mass is 9.96. The van der Waals surface area contributed by atoms with Crippen LogP contribution in [-0.2, 0) is 15.3 Å². The van der Waals surface area contributed by atoms with Crippen LogP contribution in [0.4, 0.5) is 13.2 Å². The van der Waals surface area contributed by atoms with E-state index in [1.807, 2.05) is 6.07 Å². The standard InChI is InChI=1S/C33H27F3N4O4S2/c1-5-44-32(42)27-18(3)38-33-40(28(27)20-7-9-22(34)10-8-20)31(41)26(46-33)14-19-6-11-25(43-4)21(13-19)16-45-30-23(15-37)17(2)12-24(39-30)29(35)36/h6-14,28-29H,5,16H2,1-4H3/t28-/m0/s1. The maximum absolute atomic E-state index is 13.9. The highest BCUT2D eigenvalue weighted by atomic mass is 32.2. The second-order valence-electron chi connectivity index (χ2n) is 10.2. The number of ether oxygens (including phenoxy) is 2. The van der Waals surface area contributed by atoms with Gasteiger partial charge in [-0.1, -0.05) is 29.5 Å². The van der Waals surface area contributed by atoms with E-state index >= 15 is 0 Å². The van der Waals surface area contributed by atoms with Crippen LogP contribution in [0.1, 0.15) is 59.8 Å². The Morgan fingerprint density at radius 3 is 2.59 bits per heavy atom. The molecule has 5 rings (SSSR count). The summed E-state index contributed by atoms with van der Waals surface area (Å²) >= 11 is 2.27. The zero-order chi connectivity index (χ0) is 33.1. The first-order valence-electron chi connectivity index (χ1n) is 14.0. The number of nitrogens with zero attached hydrogens (tertiary/aromatic N) is 4.